The Balaban J connectivity index is 0. The molecule has 0 aromatic heterocycles. The minimum atomic E-state index is -2.01. The van der Waals surface area contributed by atoms with Crippen LogP contribution in [0.4, 0.5) is 0 Å². The zero-order chi connectivity index (χ0) is 18.2. The van der Waals surface area contributed by atoms with Gasteiger partial charge in [-0.1, -0.05) is 92.7 Å². The van der Waals surface area contributed by atoms with Crippen LogP contribution in [0.1, 0.15) is 27.2 Å². The molecule has 0 amide bonds. The molecule has 0 spiro atoms. The molecule has 1 aromatic rings. The van der Waals surface area contributed by atoms with E-state index in [9.17, 15) is 0 Å². The van der Waals surface area contributed by atoms with Crippen LogP contribution >= 0.6 is 0 Å². The van der Waals surface area contributed by atoms with E-state index in [0.717, 1.165) is 0 Å². The van der Waals surface area contributed by atoms with Gasteiger partial charge in [-0.15, -0.1) is 5.54 Å². The summed E-state index contributed by atoms with van der Waals surface area (Å²) in [6, 6.07) is 11.8. The topological polar surface area (TPSA) is 17.3 Å². The van der Waals surface area contributed by atoms with Crippen LogP contribution in [0.15, 0.2) is 54.6 Å². The van der Waals surface area contributed by atoms with Crippen molar-refractivity contribution in [3.8, 4) is 0 Å². The summed E-state index contributed by atoms with van der Waals surface area (Å²) in [7, 11) is 2.46. The first-order valence-electron chi connectivity index (χ1n) is 9.53. The third-order valence-electron chi connectivity index (χ3n) is 5.94. The second kappa shape index (κ2) is 11.8. The Morgan fingerprint density at radius 2 is 1.45 bits per heavy atom. The van der Waals surface area contributed by atoms with Crippen LogP contribution in [0.5, 0.6) is 0 Å². The predicted octanol–water partition coefficient (Wildman–Crippen LogP) is 6.05. The van der Waals surface area contributed by atoms with Crippen LogP contribution in [0.3, 0.4) is 0 Å². The fourth-order valence-electron chi connectivity index (χ4n) is 5.00. The van der Waals surface area contributed by atoms with Gasteiger partial charge in [0.15, 0.2) is 0 Å². The summed E-state index contributed by atoms with van der Waals surface area (Å²) in [6.07, 6.45) is 10.6. The van der Waals surface area contributed by atoms with Gasteiger partial charge in [-0.3, -0.25) is 0 Å². The Bertz CT molecular complexity index is 651. The molecule has 1 fully saturated rings. The van der Waals surface area contributed by atoms with E-state index < -0.39 is 8.24 Å². The van der Waals surface area contributed by atoms with Gasteiger partial charge in [-0.05, 0) is 40.6 Å². The zero-order valence-electron chi connectivity index (χ0n) is 20.1. The van der Waals surface area contributed by atoms with Gasteiger partial charge in [0.2, 0.25) is 0 Å². The van der Waals surface area contributed by atoms with Gasteiger partial charge >= 0.3 is 21.7 Å². The molecule has 0 N–H and O–H groups in total. The van der Waals surface area contributed by atoms with Crippen LogP contribution in [-0.2, 0) is 21.7 Å². The van der Waals surface area contributed by atoms with Crippen LogP contribution in [0, 0.1) is 34.1 Å². The second-order valence-electron chi connectivity index (χ2n) is 9.09. The van der Waals surface area contributed by atoms with Crippen molar-refractivity contribution in [1.29, 1.82) is 0 Å². The van der Waals surface area contributed by atoms with Gasteiger partial charge in [0, 0.05) is 6.04 Å². The molecule has 29 heavy (non-hydrogen) atoms. The Kier molecular flexibility index (Phi) is 12.5. The quantitative estimate of drug-likeness (QED) is 0.406. The summed E-state index contributed by atoms with van der Waals surface area (Å²) in [4.78, 5) is 7.97. The van der Waals surface area contributed by atoms with Gasteiger partial charge in [0.05, 0.1) is 0 Å². The standard InChI is InChI=1S/C22H33N2Si.3CH3.Ti/c1-22(2,3)23-25(6,17-12-8-7-9-13-17)21-16-20(24(4)5)18-14-10-11-15-19(18)21;;;;/h7-15,18-21H,16H2,1-6H3;3*1H3;/q4*-1;+4. The Morgan fingerprint density at radius 1 is 0.931 bits per heavy atom. The van der Waals surface area contributed by atoms with Crippen molar-refractivity contribution in [2.75, 3.05) is 14.1 Å². The van der Waals surface area contributed by atoms with E-state index >= 15 is 0 Å². The van der Waals surface area contributed by atoms with Crippen molar-refractivity contribution in [3.63, 3.8) is 0 Å². The van der Waals surface area contributed by atoms with Gasteiger partial charge in [-0.25, -0.2) is 0 Å². The number of nitrogens with zero attached hydrogens (tertiary/aromatic N) is 2. The third kappa shape index (κ3) is 6.51. The summed E-state index contributed by atoms with van der Waals surface area (Å²) in [6.45, 7) is 9.27. The summed E-state index contributed by atoms with van der Waals surface area (Å²) in [5, 5.41) is 1.48. The van der Waals surface area contributed by atoms with Gasteiger partial charge in [0.25, 0.3) is 0 Å². The van der Waals surface area contributed by atoms with Crippen molar-refractivity contribution in [3.05, 3.63) is 81.9 Å². The van der Waals surface area contributed by atoms with E-state index in [2.05, 4.69) is 101 Å². The van der Waals surface area contributed by atoms with E-state index in [1.54, 1.807) is 0 Å². The number of hydrogen-bond donors (Lipinski definition) is 0. The van der Waals surface area contributed by atoms with E-state index in [1.165, 1.54) is 11.6 Å². The summed E-state index contributed by atoms with van der Waals surface area (Å²) < 4.78 is 0. The molecule has 0 heterocycles. The third-order valence-corrected chi connectivity index (χ3v) is 10.6. The average Bonchev–Trinajstić information content (AvgIpc) is 2.94. The average molecular weight is 447 g/mol. The van der Waals surface area contributed by atoms with Gasteiger partial charge < -0.3 is 32.2 Å². The maximum absolute atomic E-state index is 5.54. The molecule has 4 heteroatoms. The van der Waals surface area contributed by atoms with Crippen LogP contribution in [-0.4, -0.2) is 38.8 Å². The van der Waals surface area contributed by atoms with E-state index in [4.69, 9.17) is 4.98 Å². The molecule has 0 radical (unpaired) electrons. The maximum Gasteiger partial charge on any atom is 4.00 e. The molecule has 3 rings (SSSR count). The number of hydrogen-bond acceptors (Lipinski definition) is 1. The second-order valence-corrected chi connectivity index (χ2v) is 12.9. The predicted molar refractivity (Wildman–Crippen MR) is 131 cm³/mol. The summed E-state index contributed by atoms with van der Waals surface area (Å²) >= 11 is 0. The van der Waals surface area contributed by atoms with Crippen LogP contribution in [0.2, 0.25) is 12.1 Å². The minimum absolute atomic E-state index is 0. The number of fused-ring (bicyclic) bond motifs is 1. The fraction of sp³-hybridized carbons (Fsp3) is 0.480. The summed E-state index contributed by atoms with van der Waals surface area (Å²) in [5.74, 6) is 1.23. The monoisotopic (exact) mass is 446 g/mol. The Hall–Kier alpha value is -0.449. The number of rotatable bonds is 4. The molecule has 0 aliphatic heterocycles. The van der Waals surface area contributed by atoms with E-state index in [-0.39, 0.29) is 49.5 Å². The first kappa shape index (κ1) is 30.7. The Labute approximate surface area is 198 Å². The van der Waals surface area contributed by atoms with Crippen molar-refractivity contribution < 1.29 is 21.7 Å². The molecule has 0 saturated heterocycles. The molecule has 5 unspecified atom stereocenters. The van der Waals surface area contributed by atoms with Gasteiger partial charge in [-0.2, -0.15) is 0 Å². The van der Waals surface area contributed by atoms with Crippen molar-refractivity contribution in [1.82, 2.24) is 4.90 Å². The Morgan fingerprint density at radius 3 is 1.93 bits per heavy atom. The molecule has 2 aliphatic rings. The van der Waals surface area contributed by atoms with Crippen LogP contribution < -0.4 is 5.19 Å². The zero-order valence-corrected chi connectivity index (χ0v) is 22.7. The minimum Gasteiger partial charge on any atom is -0.656 e. The SMILES string of the molecule is CN(C)C1CC([Si](C)([N-]C(C)(C)C)c2ccccc2)C2C=CC=CC21.[CH3-].[CH3-].[CH3-].[Ti+4]. The fourth-order valence-corrected chi connectivity index (χ4v) is 9.76. The molecular weight excluding hydrogens is 404 g/mol. The molecule has 160 valence electrons. The molecule has 5 atom stereocenters. The smallest absolute Gasteiger partial charge is 0.656 e. The van der Waals surface area contributed by atoms with Crippen LogP contribution in [0.25, 0.3) is 4.98 Å². The van der Waals surface area contributed by atoms with E-state index in [0.29, 0.717) is 23.4 Å². The number of benzene rings is 1. The molecular formula is C25H42N2SiTi. The molecule has 1 aromatic carbocycles. The van der Waals surface area contributed by atoms with Crippen molar-refractivity contribution in [2.45, 2.75) is 50.9 Å². The van der Waals surface area contributed by atoms with Crippen molar-refractivity contribution in [2.24, 2.45) is 11.8 Å². The molecule has 1 saturated carbocycles. The van der Waals surface area contributed by atoms with Gasteiger partial charge in [0.1, 0.15) is 0 Å². The first-order valence-corrected chi connectivity index (χ1v) is 12.1. The largest absolute Gasteiger partial charge is 4.00 e. The molecule has 0 bridgehead atoms. The van der Waals surface area contributed by atoms with Crippen molar-refractivity contribution >= 4 is 13.4 Å². The first-order chi connectivity index (χ1) is 11.7. The maximum atomic E-state index is 5.54. The normalized spacial score (nSPS) is 26.9. The number of allylic oxidation sites excluding steroid dienone is 3. The molecule has 2 nitrogen and oxygen atoms in total. The molecule has 2 aliphatic carbocycles. The summed E-state index contributed by atoms with van der Waals surface area (Å²) in [5.41, 5.74) is 0.643. The van der Waals surface area contributed by atoms with E-state index in [1.807, 2.05) is 0 Å².